The van der Waals surface area contributed by atoms with Crippen molar-refractivity contribution in [1.82, 2.24) is 14.9 Å². The number of hydrogen-bond acceptors (Lipinski definition) is 2. The zero-order valence-corrected chi connectivity index (χ0v) is 11.6. The molecule has 0 unspecified atom stereocenters. The van der Waals surface area contributed by atoms with Gasteiger partial charge in [-0.25, -0.2) is 4.98 Å². The average Bonchev–Trinajstić information content (AvgIpc) is 2.68. The van der Waals surface area contributed by atoms with Crippen LogP contribution in [0.5, 0.6) is 0 Å². The highest BCUT2D eigenvalue weighted by molar-refractivity contribution is 5.22. The quantitative estimate of drug-likeness (QED) is 0.869. The molecule has 0 radical (unpaired) electrons. The van der Waals surface area contributed by atoms with Crippen LogP contribution >= 0.6 is 0 Å². The largest absolute Gasteiger partial charge is 0.326 e. The van der Waals surface area contributed by atoms with Crippen molar-refractivity contribution in [2.24, 2.45) is 0 Å². The van der Waals surface area contributed by atoms with E-state index in [1.54, 1.807) is 0 Å². The third-order valence-electron chi connectivity index (χ3n) is 3.90. The lowest BCUT2D eigenvalue weighted by Crippen LogP contribution is -2.32. The lowest BCUT2D eigenvalue weighted by atomic mass is 9.99. The van der Waals surface area contributed by atoms with E-state index >= 15 is 0 Å². The molecule has 17 heavy (non-hydrogen) atoms. The van der Waals surface area contributed by atoms with Crippen LogP contribution in [0.15, 0.2) is 0 Å². The van der Waals surface area contributed by atoms with Crippen LogP contribution in [0.2, 0.25) is 0 Å². The molecule has 1 aliphatic rings. The Morgan fingerprint density at radius 2 is 2.12 bits per heavy atom. The fraction of sp³-hybridized carbons (Fsp3) is 0.786. The second kappa shape index (κ2) is 4.81. The predicted octanol–water partition coefficient (Wildman–Crippen LogP) is 2.63. The maximum atomic E-state index is 4.86. The zero-order valence-electron chi connectivity index (χ0n) is 11.6. The molecule has 2 heterocycles. The maximum Gasteiger partial charge on any atom is 0.109 e. The number of aromatic nitrogens is 2. The van der Waals surface area contributed by atoms with Crippen molar-refractivity contribution in [3.63, 3.8) is 0 Å². The van der Waals surface area contributed by atoms with E-state index in [4.69, 9.17) is 4.98 Å². The van der Waals surface area contributed by atoms with Crippen molar-refractivity contribution < 1.29 is 0 Å². The van der Waals surface area contributed by atoms with Gasteiger partial charge in [0, 0.05) is 37.2 Å². The Kier molecular flexibility index (Phi) is 3.57. The number of nitrogens with one attached hydrogen (secondary N) is 1. The van der Waals surface area contributed by atoms with Crippen LogP contribution in [0.4, 0.5) is 0 Å². The van der Waals surface area contributed by atoms with E-state index in [2.05, 4.69) is 37.6 Å². The van der Waals surface area contributed by atoms with Crippen LogP contribution in [-0.4, -0.2) is 16.1 Å². The molecule has 1 aromatic rings. The topological polar surface area (TPSA) is 29.9 Å². The van der Waals surface area contributed by atoms with Crippen molar-refractivity contribution >= 4 is 0 Å². The van der Waals surface area contributed by atoms with E-state index < -0.39 is 0 Å². The van der Waals surface area contributed by atoms with Gasteiger partial charge in [-0.15, -0.1) is 0 Å². The van der Waals surface area contributed by atoms with Crippen LogP contribution in [-0.2, 0) is 24.9 Å². The lowest BCUT2D eigenvalue weighted by Gasteiger charge is -2.30. The van der Waals surface area contributed by atoms with Gasteiger partial charge in [0.1, 0.15) is 5.82 Å². The molecule has 0 fully saturated rings. The van der Waals surface area contributed by atoms with Gasteiger partial charge in [0.05, 0.1) is 5.69 Å². The molecule has 0 aliphatic carbocycles. The first kappa shape index (κ1) is 12.6. The van der Waals surface area contributed by atoms with E-state index in [1.807, 2.05) is 0 Å². The minimum absolute atomic E-state index is 0.197. The normalized spacial score (nSPS) is 16.0. The molecule has 1 aliphatic heterocycles. The van der Waals surface area contributed by atoms with Gasteiger partial charge in [0.2, 0.25) is 0 Å². The summed E-state index contributed by atoms with van der Waals surface area (Å²) >= 11 is 0. The molecule has 3 heteroatoms. The number of aryl methyl sites for hydroxylation is 1. The monoisotopic (exact) mass is 235 g/mol. The number of nitrogens with zero attached hydrogens (tertiary/aromatic N) is 2. The van der Waals surface area contributed by atoms with Crippen LogP contribution in [0.1, 0.15) is 57.7 Å². The van der Waals surface area contributed by atoms with E-state index in [-0.39, 0.29) is 5.54 Å². The van der Waals surface area contributed by atoms with E-state index in [1.165, 1.54) is 23.6 Å². The van der Waals surface area contributed by atoms with Crippen molar-refractivity contribution in [2.45, 2.75) is 65.5 Å². The highest BCUT2D eigenvalue weighted by Crippen LogP contribution is 2.28. The average molecular weight is 235 g/mol. The van der Waals surface area contributed by atoms with Gasteiger partial charge in [-0.1, -0.05) is 13.8 Å². The van der Waals surface area contributed by atoms with Gasteiger partial charge >= 0.3 is 0 Å². The minimum Gasteiger partial charge on any atom is -0.326 e. The molecule has 3 nitrogen and oxygen atoms in total. The molecule has 1 N–H and O–H groups in total. The van der Waals surface area contributed by atoms with Gasteiger partial charge in [-0.2, -0.15) is 0 Å². The zero-order chi connectivity index (χ0) is 12.5. The molecule has 0 amide bonds. The molecular formula is C14H25N3. The van der Waals surface area contributed by atoms with Crippen molar-refractivity contribution in [1.29, 1.82) is 0 Å². The summed E-state index contributed by atoms with van der Waals surface area (Å²) in [6.45, 7) is 11.2. The Hall–Kier alpha value is -0.830. The number of rotatable bonds is 4. The highest BCUT2D eigenvalue weighted by Gasteiger charge is 2.27. The Balaban J connectivity index is 2.49. The SMILES string of the molecule is CCCc1nc2c(n1C(C)(C)CC)CCNC2. The molecule has 1 aromatic heterocycles. The summed E-state index contributed by atoms with van der Waals surface area (Å²) < 4.78 is 2.52. The Labute approximate surface area is 105 Å². The predicted molar refractivity (Wildman–Crippen MR) is 71.2 cm³/mol. The maximum absolute atomic E-state index is 4.86. The number of fused-ring (bicyclic) bond motifs is 1. The summed E-state index contributed by atoms with van der Waals surface area (Å²) in [4.78, 5) is 4.86. The highest BCUT2D eigenvalue weighted by atomic mass is 15.2. The number of hydrogen-bond donors (Lipinski definition) is 1. The fourth-order valence-electron chi connectivity index (χ4n) is 2.63. The van der Waals surface area contributed by atoms with Gasteiger partial charge in [0.25, 0.3) is 0 Å². The summed E-state index contributed by atoms with van der Waals surface area (Å²) in [6.07, 6.45) is 4.54. The molecule has 0 saturated carbocycles. The summed E-state index contributed by atoms with van der Waals surface area (Å²) in [5, 5.41) is 3.42. The molecule has 0 bridgehead atoms. The Bertz CT molecular complexity index is 390. The third-order valence-corrected chi connectivity index (χ3v) is 3.90. The Morgan fingerprint density at radius 1 is 1.35 bits per heavy atom. The van der Waals surface area contributed by atoms with Gasteiger partial charge < -0.3 is 9.88 Å². The summed E-state index contributed by atoms with van der Waals surface area (Å²) in [7, 11) is 0. The number of imidazole rings is 1. The molecule has 0 aromatic carbocycles. The molecule has 2 rings (SSSR count). The van der Waals surface area contributed by atoms with E-state index in [0.717, 1.165) is 32.4 Å². The summed E-state index contributed by atoms with van der Waals surface area (Å²) in [5.41, 5.74) is 2.95. The molecular weight excluding hydrogens is 210 g/mol. The van der Waals surface area contributed by atoms with Crippen molar-refractivity contribution in [3.8, 4) is 0 Å². The van der Waals surface area contributed by atoms with E-state index in [0.29, 0.717) is 0 Å². The second-order valence-corrected chi connectivity index (χ2v) is 5.60. The van der Waals surface area contributed by atoms with Crippen LogP contribution in [0.25, 0.3) is 0 Å². The standard InChI is InChI=1S/C14H25N3/c1-5-7-13-16-11-10-15-9-8-12(11)17(13)14(3,4)6-2/h15H,5-10H2,1-4H3. The summed E-state index contributed by atoms with van der Waals surface area (Å²) in [6, 6.07) is 0. The first-order valence-electron chi connectivity index (χ1n) is 6.90. The third kappa shape index (κ3) is 2.25. The van der Waals surface area contributed by atoms with Crippen LogP contribution < -0.4 is 5.32 Å². The molecule has 96 valence electrons. The van der Waals surface area contributed by atoms with Crippen molar-refractivity contribution in [3.05, 3.63) is 17.2 Å². The first-order chi connectivity index (χ1) is 8.10. The molecule has 0 spiro atoms. The molecule has 0 saturated heterocycles. The van der Waals surface area contributed by atoms with Gasteiger partial charge in [0.15, 0.2) is 0 Å². The first-order valence-corrected chi connectivity index (χ1v) is 6.90. The molecule has 0 atom stereocenters. The minimum atomic E-state index is 0.197. The van der Waals surface area contributed by atoms with Gasteiger partial charge in [-0.05, 0) is 26.7 Å². The summed E-state index contributed by atoms with van der Waals surface area (Å²) in [5.74, 6) is 1.29. The lowest BCUT2D eigenvalue weighted by molar-refractivity contribution is 0.319. The van der Waals surface area contributed by atoms with Crippen molar-refractivity contribution in [2.75, 3.05) is 6.54 Å². The van der Waals surface area contributed by atoms with Crippen LogP contribution in [0.3, 0.4) is 0 Å². The van der Waals surface area contributed by atoms with Crippen LogP contribution in [0, 0.1) is 0 Å². The smallest absolute Gasteiger partial charge is 0.109 e. The second-order valence-electron chi connectivity index (χ2n) is 5.60. The fourth-order valence-corrected chi connectivity index (χ4v) is 2.63. The Morgan fingerprint density at radius 3 is 2.76 bits per heavy atom. The van der Waals surface area contributed by atoms with Gasteiger partial charge in [-0.3, -0.25) is 0 Å². The van der Waals surface area contributed by atoms with E-state index in [9.17, 15) is 0 Å².